The van der Waals surface area contributed by atoms with Gasteiger partial charge in [0.25, 0.3) is 0 Å². The summed E-state index contributed by atoms with van der Waals surface area (Å²) in [6.45, 7) is 16.2. The van der Waals surface area contributed by atoms with Crippen LogP contribution in [0.2, 0.25) is 0 Å². The van der Waals surface area contributed by atoms with Crippen molar-refractivity contribution in [2.75, 3.05) is 0 Å². The van der Waals surface area contributed by atoms with Crippen LogP contribution in [-0.4, -0.2) is 4.98 Å². The summed E-state index contributed by atoms with van der Waals surface area (Å²) >= 11 is 0. The lowest BCUT2D eigenvalue weighted by Gasteiger charge is -2.27. The lowest BCUT2D eigenvalue weighted by atomic mass is 9.78. The van der Waals surface area contributed by atoms with Crippen LogP contribution in [0.1, 0.15) is 65.2 Å². The first kappa shape index (κ1) is 23.4. The summed E-state index contributed by atoms with van der Waals surface area (Å²) < 4.78 is 0. The minimum atomic E-state index is 0.0932. The first-order valence-corrected chi connectivity index (χ1v) is 12.9. The third-order valence-corrected chi connectivity index (χ3v) is 7.34. The monoisotopic (exact) mass is 459 g/mol. The van der Waals surface area contributed by atoms with E-state index in [2.05, 4.69) is 132 Å². The van der Waals surface area contributed by atoms with Gasteiger partial charge in [-0.2, -0.15) is 0 Å². The fraction of sp³-hybridized carbons (Fsp3) is 0.294. The van der Waals surface area contributed by atoms with Crippen molar-refractivity contribution < 1.29 is 0 Å². The minimum Gasteiger partial charge on any atom is -0.354 e. The molecule has 0 bridgehead atoms. The number of para-hydroxylation sites is 2. The Morgan fingerprint density at radius 1 is 0.600 bits per heavy atom. The lowest BCUT2D eigenvalue weighted by Crippen LogP contribution is -2.16. The molecule has 0 saturated carbocycles. The van der Waals surface area contributed by atoms with E-state index in [-0.39, 0.29) is 10.8 Å². The van der Waals surface area contributed by atoms with Gasteiger partial charge in [0.1, 0.15) is 0 Å². The van der Waals surface area contributed by atoms with Gasteiger partial charge in [0.2, 0.25) is 0 Å². The van der Waals surface area contributed by atoms with E-state index < -0.39 is 0 Å². The third-order valence-electron chi connectivity index (χ3n) is 7.34. The molecule has 0 atom stereocenters. The molecule has 0 aliphatic heterocycles. The van der Waals surface area contributed by atoms with Gasteiger partial charge in [0, 0.05) is 21.9 Å². The van der Waals surface area contributed by atoms with Gasteiger partial charge >= 0.3 is 0 Å². The van der Waals surface area contributed by atoms with E-state index in [0.29, 0.717) is 0 Å². The van der Waals surface area contributed by atoms with Crippen molar-refractivity contribution in [2.45, 2.75) is 65.7 Å². The Kier molecular flexibility index (Phi) is 5.63. The van der Waals surface area contributed by atoms with Gasteiger partial charge in [0.05, 0.1) is 5.52 Å². The smallest absolute Gasteiger partial charge is 0.0544 e. The van der Waals surface area contributed by atoms with Crippen molar-refractivity contribution >= 4 is 21.8 Å². The number of hydrogen-bond acceptors (Lipinski definition) is 0. The molecule has 0 spiro atoms. The van der Waals surface area contributed by atoms with Crippen molar-refractivity contribution in [3.63, 3.8) is 0 Å². The topological polar surface area (TPSA) is 15.8 Å². The van der Waals surface area contributed by atoms with Crippen LogP contribution in [0.15, 0.2) is 78.9 Å². The predicted molar refractivity (Wildman–Crippen MR) is 153 cm³/mol. The van der Waals surface area contributed by atoms with Crippen molar-refractivity contribution in [1.82, 2.24) is 4.98 Å². The summed E-state index contributed by atoms with van der Waals surface area (Å²) in [6, 6.07) is 29.4. The number of nitrogens with one attached hydrogen (secondary N) is 1. The van der Waals surface area contributed by atoms with Gasteiger partial charge in [-0.15, -0.1) is 0 Å². The van der Waals surface area contributed by atoms with E-state index in [9.17, 15) is 0 Å². The number of H-pyrrole nitrogens is 1. The fourth-order valence-electron chi connectivity index (χ4n) is 5.24. The Labute approximate surface area is 210 Å². The largest absolute Gasteiger partial charge is 0.354 e. The Bertz CT molecular complexity index is 1500. The molecule has 1 heteroatoms. The average Bonchev–Trinajstić information content (AvgIpc) is 3.21. The van der Waals surface area contributed by atoms with Crippen LogP contribution >= 0.6 is 0 Å². The van der Waals surface area contributed by atoms with E-state index in [1.165, 1.54) is 60.8 Å². The molecule has 35 heavy (non-hydrogen) atoms. The molecule has 0 unspecified atom stereocenters. The van der Waals surface area contributed by atoms with Crippen LogP contribution in [0.5, 0.6) is 0 Å². The zero-order valence-corrected chi connectivity index (χ0v) is 22.2. The standard InChI is InChI=1S/C34H37N/c1-8-25-26(22-19-23(33(2,3)4)21-24(20-22)34(5,6)7)14-11-15-27(25)29-16-12-17-30-28-13-9-10-18-31(28)35-32(29)30/h9-21,35H,8H2,1-7H3. The molecular formula is C34H37N. The SMILES string of the molecule is CCc1c(-c2cc(C(C)(C)C)cc(C(C)(C)C)c2)cccc1-c1cccc2c1[nH]c1ccccc12. The summed E-state index contributed by atoms with van der Waals surface area (Å²) in [5.74, 6) is 0. The number of rotatable bonds is 3. The number of hydrogen-bond donors (Lipinski definition) is 1. The molecule has 0 aliphatic rings. The fourth-order valence-corrected chi connectivity index (χ4v) is 5.24. The second-order valence-corrected chi connectivity index (χ2v) is 11.9. The van der Waals surface area contributed by atoms with Gasteiger partial charge < -0.3 is 4.98 Å². The molecule has 178 valence electrons. The van der Waals surface area contributed by atoms with E-state index in [1.54, 1.807) is 0 Å². The van der Waals surface area contributed by atoms with Gasteiger partial charge in [0.15, 0.2) is 0 Å². The second kappa shape index (κ2) is 8.41. The maximum atomic E-state index is 3.71. The van der Waals surface area contributed by atoms with Gasteiger partial charge in [-0.3, -0.25) is 0 Å². The highest BCUT2D eigenvalue weighted by atomic mass is 14.7. The van der Waals surface area contributed by atoms with E-state index in [4.69, 9.17) is 0 Å². The van der Waals surface area contributed by atoms with Crippen LogP contribution in [0.25, 0.3) is 44.1 Å². The first-order valence-electron chi connectivity index (χ1n) is 12.9. The Morgan fingerprint density at radius 3 is 1.83 bits per heavy atom. The van der Waals surface area contributed by atoms with Crippen LogP contribution in [0.4, 0.5) is 0 Å². The highest BCUT2D eigenvalue weighted by Crippen LogP contribution is 2.40. The minimum absolute atomic E-state index is 0.0932. The summed E-state index contributed by atoms with van der Waals surface area (Å²) in [7, 11) is 0. The quantitative estimate of drug-likeness (QED) is 0.276. The first-order chi connectivity index (χ1) is 16.6. The zero-order valence-electron chi connectivity index (χ0n) is 22.2. The molecule has 5 rings (SSSR count). The molecular weight excluding hydrogens is 422 g/mol. The van der Waals surface area contributed by atoms with Crippen LogP contribution in [0, 0.1) is 0 Å². The maximum absolute atomic E-state index is 3.71. The van der Waals surface area contributed by atoms with Gasteiger partial charge in [-0.05, 0) is 56.7 Å². The molecule has 0 amide bonds. The Hall–Kier alpha value is -3.32. The lowest BCUT2D eigenvalue weighted by molar-refractivity contribution is 0.569. The number of aromatic amines is 1. The summed E-state index contributed by atoms with van der Waals surface area (Å²) in [6.07, 6.45) is 0.979. The highest BCUT2D eigenvalue weighted by molar-refractivity contribution is 6.12. The zero-order chi connectivity index (χ0) is 25.0. The molecule has 4 aromatic carbocycles. The maximum Gasteiger partial charge on any atom is 0.0544 e. The summed E-state index contributed by atoms with van der Waals surface area (Å²) in [5, 5.41) is 2.57. The van der Waals surface area contributed by atoms with E-state index in [1.807, 2.05) is 0 Å². The van der Waals surface area contributed by atoms with Crippen LogP contribution in [0.3, 0.4) is 0 Å². The van der Waals surface area contributed by atoms with Crippen molar-refractivity contribution in [3.8, 4) is 22.3 Å². The van der Waals surface area contributed by atoms with Crippen molar-refractivity contribution in [1.29, 1.82) is 0 Å². The van der Waals surface area contributed by atoms with E-state index >= 15 is 0 Å². The van der Waals surface area contributed by atoms with Crippen LogP contribution in [-0.2, 0) is 17.3 Å². The molecule has 5 aromatic rings. The summed E-state index contributed by atoms with van der Waals surface area (Å²) in [4.78, 5) is 3.71. The van der Waals surface area contributed by atoms with E-state index in [0.717, 1.165) is 6.42 Å². The average molecular weight is 460 g/mol. The highest BCUT2D eigenvalue weighted by Gasteiger charge is 2.22. The summed E-state index contributed by atoms with van der Waals surface area (Å²) in [5.41, 5.74) is 12.1. The molecule has 0 saturated heterocycles. The number of benzene rings is 4. The molecule has 0 radical (unpaired) electrons. The number of fused-ring (bicyclic) bond motifs is 3. The second-order valence-electron chi connectivity index (χ2n) is 11.9. The van der Waals surface area contributed by atoms with Crippen LogP contribution < -0.4 is 0 Å². The molecule has 0 aliphatic carbocycles. The predicted octanol–water partition coefficient (Wildman–Crippen LogP) is 9.81. The molecule has 1 nitrogen and oxygen atoms in total. The number of aromatic nitrogens is 1. The molecule has 1 aromatic heterocycles. The van der Waals surface area contributed by atoms with Crippen molar-refractivity contribution in [3.05, 3.63) is 95.6 Å². The normalized spacial score (nSPS) is 12.5. The molecule has 1 heterocycles. The van der Waals surface area contributed by atoms with Crippen molar-refractivity contribution in [2.24, 2.45) is 0 Å². The van der Waals surface area contributed by atoms with Gasteiger partial charge in [-0.1, -0.05) is 121 Å². The Morgan fingerprint density at radius 2 is 1.17 bits per heavy atom. The molecule has 0 fully saturated rings. The molecule has 1 N–H and O–H groups in total. The Balaban J connectivity index is 1.77. The third kappa shape index (κ3) is 4.18. The van der Waals surface area contributed by atoms with Gasteiger partial charge in [-0.25, -0.2) is 0 Å².